The van der Waals surface area contributed by atoms with Crippen LogP contribution < -0.4 is 10.1 Å². The van der Waals surface area contributed by atoms with Gasteiger partial charge in [-0.05, 0) is 73.8 Å². The second kappa shape index (κ2) is 15.9. The van der Waals surface area contributed by atoms with E-state index in [1.165, 1.54) is 17.0 Å². The fourth-order valence-electron chi connectivity index (χ4n) is 6.52. The predicted molar refractivity (Wildman–Crippen MR) is 193 cm³/mol. The summed E-state index contributed by atoms with van der Waals surface area (Å²) in [4.78, 5) is 29.8. The molecule has 0 unspecified atom stereocenters. The molecule has 2 aliphatic rings. The summed E-state index contributed by atoms with van der Waals surface area (Å²) in [5, 5.41) is 3.72. The molecule has 12 heteroatoms. The van der Waals surface area contributed by atoms with Crippen LogP contribution in [0.4, 0.5) is 14.5 Å². The Hall–Kier alpha value is -2.69. The van der Waals surface area contributed by atoms with E-state index in [-0.39, 0.29) is 36.1 Å². The summed E-state index contributed by atoms with van der Waals surface area (Å²) in [6, 6.07) is 14.2. The highest BCUT2D eigenvalue weighted by Gasteiger charge is 2.64. The number of hydrogen-bond acceptors (Lipinski definition) is 4. The molecule has 1 fully saturated rings. The van der Waals surface area contributed by atoms with E-state index >= 15 is 8.78 Å². The van der Waals surface area contributed by atoms with Crippen molar-refractivity contribution in [3.05, 3.63) is 93.0 Å². The number of methoxy groups -OCH3 is 1. The molecule has 1 spiro atoms. The molecule has 260 valence electrons. The zero-order valence-corrected chi connectivity index (χ0v) is 31.4. The highest BCUT2D eigenvalue weighted by atomic mass is 35.5. The van der Waals surface area contributed by atoms with Gasteiger partial charge in [-0.15, -0.1) is 11.6 Å². The Morgan fingerprint density at radius 3 is 2.35 bits per heavy atom. The Bertz CT molecular complexity index is 1640. The molecule has 0 aromatic heterocycles. The normalized spacial score (nSPS) is 20.5. The van der Waals surface area contributed by atoms with E-state index in [1.807, 2.05) is 0 Å². The van der Waals surface area contributed by atoms with Gasteiger partial charge in [0.15, 0.2) is 11.6 Å². The molecule has 1 N–H and O–H groups in total. The number of nitrogens with one attached hydrogen (secondary N) is 1. The lowest BCUT2D eigenvalue weighted by atomic mass is 9.58. The third-order valence-electron chi connectivity index (χ3n) is 8.61. The number of halogens is 5. The number of nitrogens with zero attached hydrogens (tertiary/aromatic N) is 1. The molecule has 0 aliphatic carbocycles. The van der Waals surface area contributed by atoms with Crippen molar-refractivity contribution in [3.63, 3.8) is 0 Å². The summed E-state index contributed by atoms with van der Waals surface area (Å²) >= 11 is 18.7. The zero-order valence-electron chi connectivity index (χ0n) is 28.1. The van der Waals surface area contributed by atoms with E-state index in [1.54, 1.807) is 63.4 Å². The van der Waals surface area contributed by atoms with Gasteiger partial charge in [0.1, 0.15) is 11.2 Å². The third-order valence-corrected chi connectivity index (χ3v) is 11.1. The largest absolute Gasteiger partial charge is 0.491 e. The van der Waals surface area contributed by atoms with E-state index in [9.17, 15) is 9.59 Å². The summed E-state index contributed by atoms with van der Waals surface area (Å²) in [6.07, 6.45) is -0.109. The fourth-order valence-corrected chi connectivity index (χ4v) is 7.83. The Balaban J connectivity index is 0.000000579. The van der Waals surface area contributed by atoms with Crippen molar-refractivity contribution in [2.24, 2.45) is 0 Å². The van der Waals surface area contributed by atoms with E-state index in [2.05, 4.69) is 25.0 Å². The number of alkyl halides is 1. The summed E-state index contributed by atoms with van der Waals surface area (Å²) < 4.78 is 42.1. The van der Waals surface area contributed by atoms with Gasteiger partial charge in [0.05, 0.1) is 17.7 Å². The van der Waals surface area contributed by atoms with Crippen molar-refractivity contribution in [3.8, 4) is 5.75 Å². The number of ether oxygens (including phenoxy) is 2. The molecule has 0 saturated carbocycles. The molecule has 2 heterocycles. The van der Waals surface area contributed by atoms with Crippen molar-refractivity contribution in [1.82, 2.24) is 4.90 Å². The monoisotopic (exact) mass is 738 g/mol. The molecule has 2 amide bonds. The average Bonchev–Trinajstić information content (AvgIpc) is 3.29. The van der Waals surface area contributed by atoms with Gasteiger partial charge in [-0.1, -0.05) is 61.0 Å². The SMILES string of the molecule is CC(C)Oc1ccc(F)c(F)c1[C@H]1N(CCCCl)C(=O)C[C@@H](c2cccc(Cl)c2)[C@]12C(=O)Nc1cc(Cl)ccc12.COCC[Si](C)(C)C. The molecule has 0 bridgehead atoms. The number of carbonyl (C=O) groups is 2. The maximum atomic E-state index is 16.1. The molecular weight excluding hydrogens is 697 g/mol. The lowest BCUT2D eigenvalue weighted by Crippen LogP contribution is -2.58. The maximum Gasteiger partial charge on any atom is 0.238 e. The van der Waals surface area contributed by atoms with E-state index in [0.717, 1.165) is 12.7 Å². The fraction of sp³-hybridized carbons (Fsp3) is 0.444. The molecule has 3 aromatic carbocycles. The van der Waals surface area contributed by atoms with Gasteiger partial charge in [-0.2, -0.15) is 0 Å². The van der Waals surface area contributed by atoms with Crippen LogP contribution in [0.25, 0.3) is 0 Å². The standard InChI is InChI=1S/C30H27Cl3F2N2O3.C6H16OSi/c1-16(2)40-24-10-9-22(34)27(35)26(24)28-30(20-8-7-19(33)14-23(20)36-29(30)39)21(17-5-3-6-18(32)13-17)15-25(38)37(28)12-4-11-31;1-7-5-6-8(2,3)4/h3,5-10,13-14,16,21,28H,4,11-12,15H2,1-2H3,(H,36,39);5-6H2,1-4H3/t21-,28+,30-;/m0./s1. The first-order chi connectivity index (χ1) is 22.6. The van der Waals surface area contributed by atoms with Gasteiger partial charge in [0.2, 0.25) is 11.8 Å². The van der Waals surface area contributed by atoms with Crippen LogP contribution in [0.3, 0.4) is 0 Å². The zero-order chi connectivity index (χ0) is 35.4. The highest BCUT2D eigenvalue weighted by Crippen LogP contribution is 2.61. The van der Waals surface area contributed by atoms with E-state index in [0.29, 0.717) is 33.3 Å². The quantitative estimate of drug-likeness (QED) is 0.166. The van der Waals surface area contributed by atoms with Crippen molar-refractivity contribution in [2.45, 2.75) is 75.9 Å². The van der Waals surface area contributed by atoms with Crippen molar-refractivity contribution >= 4 is 60.4 Å². The van der Waals surface area contributed by atoms with Crippen LogP contribution in [0.2, 0.25) is 35.7 Å². The molecule has 1 saturated heterocycles. The molecule has 3 aromatic rings. The van der Waals surface area contributed by atoms with Crippen LogP contribution in [0.1, 0.15) is 55.3 Å². The molecule has 5 rings (SSSR count). The number of carbonyl (C=O) groups excluding carboxylic acids is 2. The summed E-state index contributed by atoms with van der Waals surface area (Å²) in [7, 11) is 0.961. The summed E-state index contributed by atoms with van der Waals surface area (Å²) in [5.41, 5.74) is -0.233. The minimum Gasteiger partial charge on any atom is -0.491 e. The first-order valence-electron chi connectivity index (χ1n) is 16.0. The van der Waals surface area contributed by atoms with Crippen molar-refractivity contribution in [1.29, 1.82) is 0 Å². The highest BCUT2D eigenvalue weighted by molar-refractivity contribution is 6.76. The second-order valence-corrected chi connectivity index (χ2v) is 20.5. The van der Waals surface area contributed by atoms with Gasteiger partial charge < -0.3 is 19.7 Å². The number of anilines is 1. The molecule has 6 nitrogen and oxygen atoms in total. The van der Waals surface area contributed by atoms with Gasteiger partial charge in [0.25, 0.3) is 0 Å². The van der Waals surface area contributed by atoms with Crippen LogP contribution in [-0.2, 0) is 19.7 Å². The lowest BCUT2D eigenvalue weighted by molar-refractivity contribution is -0.145. The number of piperidine rings is 1. The summed E-state index contributed by atoms with van der Waals surface area (Å²) in [6.45, 7) is 11.6. The number of benzene rings is 3. The first kappa shape index (κ1) is 38.1. The number of rotatable bonds is 10. The van der Waals surface area contributed by atoms with Gasteiger partial charge >= 0.3 is 0 Å². The number of likely N-dealkylation sites (tertiary alicyclic amines) is 1. The number of fused-ring (bicyclic) bond motifs is 2. The second-order valence-electron chi connectivity index (χ2n) is 13.6. The Labute approximate surface area is 298 Å². The van der Waals surface area contributed by atoms with Crippen LogP contribution in [-0.4, -0.2) is 57.0 Å². The maximum absolute atomic E-state index is 16.1. The van der Waals surface area contributed by atoms with E-state index < -0.39 is 49.1 Å². The lowest BCUT2D eigenvalue weighted by Gasteiger charge is -2.51. The van der Waals surface area contributed by atoms with Crippen LogP contribution in [0.5, 0.6) is 5.75 Å². The van der Waals surface area contributed by atoms with Crippen LogP contribution >= 0.6 is 34.8 Å². The summed E-state index contributed by atoms with van der Waals surface area (Å²) in [5.74, 6) is -3.63. The predicted octanol–water partition coefficient (Wildman–Crippen LogP) is 9.61. The molecule has 48 heavy (non-hydrogen) atoms. The number of hydrogen-bond donors (Lipinski definition) is 1. The van der Waals surface area contributed by atoms with Crippen molar-refractivity contribution in [2.75, 3.05) is 31.5 Å². The Morgan fingerprint density at radius 1 is 1.04 bits per heavy atom. The molecule has 3 atom stereocenters. The minimum atomic E-state index is -1.59. The topological polar surface area (TPSA) is 67.9 Å². The molecular formula is C36H43Cl3F2N2O4Si. The molecule has 0 radical (unpaired) electrons. The minimum absolute atomic E-state index is 0.0453. The van der Waals surface area contributed by atoms with Gasteiger partial charge in [0, 0.05) is 62.3 Å². The van der Waals surface area contributed by atoms with Crippen LogP contribution in [0, 0.1) is 11.6 Å². The first-order valence-corrected chi connectivity index (χ1v) is 21.0. The number of amides is 2. The Morgan fingerprint density at radius 2 is 1.75 bits per heavy atom. The average molecular weight is 740 g/mol. The van der Waals surface area contributed by atoms with Crippen molar-refractivity contribution < 1.29 is 27.8 Å². The van der Waals surface area contributed by atoms with Gasteiger partial charge in [-0.3, -0.25) is 9.59 Å². The Kier molecular flexibility index (Phi) is 12.6. The molecule has 2 aliphatic heterocycles. The van der Waals surface area contributed by atoms with Crippen LogP contribution in [0.15, 0.2) is 54.6 Å². The van der Waals surface area contributed by atoms with Gasteiger partial charge in [-0.25, -0.2) is 8.78 Å². The van der Waals surface area contributed by atoms with E-state index in [4.69, 9.17) is 44.3 Å². The smallest absolute Gasteiger partial charge is 0.238 e. The third kappa shape index (κ3) is 8.02.